The number of carbonyl (C=O) groups is 1. The third kappa shape index (κ3) is 1.95. The number of halogens is 1. The molecule has 1 aliphatic rings. The van der Waals surface area contributed by atoms with Crippen molar-refractivity contribution in [2.75, 3.05) is 7.11 Å². The molecule has 80 valence electrons. The number of benzene rings is 1. The number of methoxy groups -OCH3 is 1. The van der Waals surface area contributed by atoms with E-state index in [0.29, 0.717) is 11.7 Å². The number of aromatic carboxylic acids is 1. The van der Waals surface area contributed by atoms with Crippen molar-refractivity contribution in [3.63, 3.8) is 0 Å². The summed E-state index contributed by atoms with van der Waals surface area (Å²) in [5.41, 5.74) is 1.33. The van der Waals surface area contributed by atoms with Crippen LogP contribution >= 0.6 is 22.6 Å². The van der Waals surface area contributed by atoms with Gasteiger partial charge in [0.25, 0.3) is 0 Å². The molecule has 1 aromatic carbocycles. The molecule has 2 rings (SSSR count). The van der Waals surface area contributed by atoms with Crippen molar-refractivity contribution in [1.82, 2.24) is 0 Å². The Bertz CT molecular complexity index is 411. The molecule has 1 fully saturated rings. The van der Waals surface area contributed by atoms with Crippen molar-refractivity contribution in [1.29, 1.82) is 0 Å². The van der Waals surface area contributed by atoms with E-state index in [1.54, 1.807) is 6.07 Å². The van der Waals surface area contributed by atoms with E-state index in [9.17, 15) is 4.79 Å². The van der Waals surface area contributed by atoms with Crippen molar-refractivity contribution in [3.8, 4) is 5.75 Å². The standard InChI is InChI=1S/C11H11IO3/c1-15-10-7(11(13)14)4-5-8(12)9(10)6-2-3-6/h4-6H,2-3H2,1H3,(H,13,14). The van der Waals surface area contributed by atoms with Crippen LogP contribution in [0.25, 0.3) is 0 Å². The highest BCUT2D eigenvalue weighted by atomic mass is 127. The van der Waals surface area contributed by atoms with Crippen molar-refractivity contribution < 1.29 is 14.6 Å². The Balaban J connectivity index is 2.58. The second-order valence-electron chi connectivity index (χ2n) is 3.62. The molecule has 1 aliphatic carbocycles. The fourth-order valence-corrected chi connectivity index (χ4v) is 2.58. The van der Waals surface area contributed by atoms with Crippen LogP contribution in [0, 0.1) is 3.57 Å². The van der Waals surface area contributed by atoms with Gasteiger partial charge >= 0.3 is 5.97 Å². The first-order valence-corrected chi connectivity index (χ1v) is 5.82. The van der Waals surface area contributed by atoms with Crippen LogP contribution in [0.3, 0.4) is 0 Å². The van der Waals surface area contributed by atoms with E-state index in [1.165, 1.54) is 7.11 Å². The predicted octanol–water partition coefficient (Wildman–Crippen LogP) is 2.88. The van der Waals surface area contributed by atoms with E-state index in [-0.39, 0.29) is 5.56 Å². The van der Waals surface area contributed by atoms with Gasteiger partial charge in [-0.2, -0.15) is 0 Å². The Hall–Kier alpha value is -0.780. The highest BCUT2D eigenvalue weighted by molar-refractivity contribution is 14.1. The summed E-state index contributed by atoms with van der Waals surface area (Å²) in [5, 5.41) is 9.03. The topological polar surface area (TPSA) is 46.5 Å². The quantitative estimate of drug-likeness (QED) is 0.872. The zero-order chi connectivity index (χ0) is 11.0. The lowest BCUT2D eigenvalue weighted by Gasteiger charge is -2.12. The molecule has 3 nitrogen and oxygen atoms in total. The van der Waals surface area contributed by atoms with E-state index in [1.807, 2.05) is 6.07 Å². The summed E-state index contributed by atoms with van der Waals surface area (Å²) in [7, 11) is 1.53. The summed E-state index contributed by atoms with van der Waals surface area (Å²) in [5.74, 6) is 0.105. The van der Waals surface area contributed by atoms with Gasteiger partial charge in [0.2, 0.25) is 0 Å². The predicted molar refractivity (Wildman–Crippen MR) is 64.6 cm³/mol. The Kier molecular flexibility index (Phi) is 2.86. The third-order valence-electron chi connectivity index (χ3n) is 2.56. The summed E-state index contributed by atoms with van der Waals surface area (Å²) in [4.78, 5) is 11.0. The minimum Gasteiger partial charge on any atom is -0.496 e. The smallest absolute Gasteiger partial charge is 0.339 e. The van der Waals surface area contributed by atoms with Crippen LogP contribution in [-0.2, 0) is 0 Å². The van der Waals surface area contributed by atoms with Gasteiger partial charge in [0.15, 0.2) is 0 Å². The van der Waals surface area contributed by atoms with Crippen LogP contribution in [0.15, 0.2) is 12.1 Å². The molecule has 0 unspecified atom stereocenters. The minimum absolute atomic E-state index is 0.264. The van der Waals surface area contributed by atoms with Crippen LogP contribution in [0.4, 0.5) is 0 Å². The zero-order valence-corrected chi connectivity index (χ0v) is 10.4. The lowest BCUT2D eigenvalue weighted by atomic mass is 10.1. The number of ether oxygens (including phenoxy) is 1. The van der Waals surface area contributed by atoms with Gasteiger partial charge in [-0.05, 0) is 53.5 Å². The van der Waals surface area contributed by atoms with Gasteiger partial charge in [-0.1, -0.05) is 0 Å². The lowest BCUT2D eigenvalue weighted by Crippen LogP contribution is -2.04. The van der Waals surface area contributed by atoms with Gasteiger partial charge in [-0.15, -0.1) is 0 Å². The number of rotatable bonds is 3. The molecule has 1 N–H and O–H groups in total. The number of hydrogen-bond donors (Lipinski definition) is 1. The first-order valence-electron chi connectivity index (χ1n) is 4.74. The van der Waals surface area contributed by atoms with Crippen molar-refractivity contribution >= 4 is 28.6 Å². The maximum absolute atomic E-state index is 11.0. The fourth-order valence-electron chi connectivity index (χ4n) is 1.72. The second kappa shape index (κ2) is 4.00. The maximum atomic E-state index is 11.0. The normalized spacial score (nSPS) is 15.1. The van der Waals surface area contributed by atoms with E-state index in [0.717, 1.165) is 22.0 Å². The second-order valence-corrected chi connectivity index (χ2v) is 4.78. The van der Waals surface area contributed by atoms with Crippen molar-refractivity contribution in [2.45, 2.75) is 18.8 Å². The van der Waals surface area contributed by atoms with Gasteiger partial charge in [-0.25, -0.2) is 4.79 Å². The highest BCUT2D eigenvalue weighted by Gasteiger charge is 2.31. The molecule has 0 atom stereocenters. The average molecular weight is 318 g/mol. The molecule has 1 saturated carbocycles. The molecule has 0 radical (unpaired) electrons. The van der Waals surface area contributed by atoms with E-state index < -0.39 is 5.97 Å². The summed E-state index contributed by atoms with van der Waals surface area (Å²) in [6.45, 7) is 0. The first-order chi connectivity index (χ1) is 7.15. The number of hydrogen-bond acceptors (Lipinski definition) is 2. The first kappa shape index (κ1) is 10.7. The molecule has 0 aliphatic heterocycles. The van der Waals surface area contributed by atoms with Crippen molar-refractivity contribution in [2.24, 2.45) is 0 Å². The molecule has 0 spiro atoms. The molecule has 4 heteroatoms. The molecular formula is C11H11IO3. The van der Waals surface area contributed by atoms with Gasteiger partial charge in [-0.3, -0.25) is 0 Å². The highest BCUT2D eigenvalue weighted by Crippen LogP contribution is 2.47. The molecule has 0 heterocycles. The van der Waals surface area contributed by atoms with Gasteiger partial charge in [0.1, 0.15) is 11.3 Å². The zero-order valence-electron chi connectivity index (χ0n) is 8.29. The molecule has 0 aromatic heterocycles. The third-order valence-corrected chi connectivity index (χ3v) is 3.50. The van der Waals surface area contributed by atoms with E-state index >= 15 is 0 Å². The van der Waals surface area contributed by atoms with E-state index in [2.05, 4.69) is 22.6 Å². The summed E-state index contributed by atoms with van der Waals surface area (Å²) < 4.78 is 6.33. The minimum atomic E-state index is -0.926. The Morgan fingerprint density at radius 2 is 2.20 bits per heavy atom. The number of carboxylic acid groups (broad SMARTS) is 1. The summed E-state index contributed by atoms with van der Waals surface area (Å²) in [6.07, 6.45) is 2.27. The van der Waals surface area contributed by atoms with Crippen LogP contribution in [0.1, 0.15) is 34.7 Å². The number of carboxylic acids is 1. The monoisotopic (exact) mass is 318 g/mol. The summed E-state index contributed by atoms with van der Waals surface area (Å²) in [6, 6.07) is 3.45. The summed E-state index contributed by atoms with van der Waals surface area (Å²) >= 11 is 2.23. The Morgan fingerprint density at radius 3 is 2.67 bits per heavy atom. The van der Waals surface area contributed by atoms with Crippen LogP contribution in [0.2, 0.25) is 0 Å². The molecule has 1 aromatic rings. The van der Waals surface area contributed by atoms with Crippen LogP contribution in [0.5, 0.6) is 5.75 Å². The molecule has 15 heavy (non-hydrogen) atoms. The van der Waals surface area contributed by atoms with Crippen molar-refractivity contribution in [3.05, 3.63) is 26.8 Å². The molecule has 0 bridgehead atoms. The average Bonchev–Trinajstić information content (AvgIpc) is 3.00. The Labute approximate surface area is 102 Å². The van der Waals surface area contributed by atoms with Gasteiger partial charge in [0.05, 0.1) is 7.11 Å². The fraction of sp³-hybridized carbons (Fsp3) is 0.364. The van der Waals surface area contributed by atoms with E-state index in [4.69, 9.17) is 9.84 Å². The molecule has 0 saturated heterocycles. The van der Waals surface area contributed by atoms with Crippen LogP contribution < -0.4 is 4.74 Å². The van der Waals surface area contributed by atoms with Gasteiger partial charge < -0.3 is 9.84 Å². The SMILES string of the molecule is COc1c(C(=O)O)ccc(I)c1C1CC1. The maximum Gasteiger partial charge on any atom is 0.339 e. The molecule has 0 amide bonds. The Morgan fingerprint density at radius 1 is 1.53 bits per heavy atom. The molecular weight excluding hydrogens is 307 g/mol. The largest absolute Gasteiger partial charge is 0.496 e. The van der Waals surface area contributed by atoms with Gasteiger partial charge in [0, 0.05) is 9.13 Å². The lowest BCUT2D eigenvalue weighted by molar-refractivity contribution is 0.0693. The van der Waals surface area contributed by atoms with Crippen LogP contribution in [-0.4, -0.2) is 18.2 Å².